The maximum absolute atomic E-state index is 11.9. The Morgan fingerprint density at radius 3 is 2.81 bits per heavy atom. The molecule has 1 heterocycles. The number of amides is 1. The Hall–Kier alpha value is -1.26. The van der Waals surface area contributed by atoms with Crippen molar-refractivity contribution in [1.82, 2.24) is 4.90 Å². The molecule has 1 fully saturated rings. The number of carbonyl (C=O) groups is 1. The van der Waals surface area contributed by atoms with E-state index >= 15 is 0 Å². The van der Waals surface area contributed by atoms with Crippen molar-refractivity contribution in [3.8, 4) is 0 Å². The molecule has 0 spiro atoms. The van der Waals surface area contributed by atoms with E-state index in [2.05, 4.69) is 0 Å². The number of aliphatic hydroxyl groups excluding tert-OH is 1. The molecule has 1 aliphatic rings. The van der Waals surface area contributed by atoms with Gasteiger partial charge in [-0.05, 0) is 18.2 Å². The minimum absolute atomic E-state index is 0.0633. The van der Waals surface area contributed by atoms with Gasteiger partial charge in [-0.2, -0.15) is 0 Å². The van der Waals surface area contributed by atoms with Crippen molar-refractivity contribution < 1.29 is 9.90 Å². The highest BCUT2D eigenvalue weighted by molar-refractivity contribution is 6.33. The van der Waals surface area contributed by atoms with Crippen molar-refractivity contribution in [2.24, 2.45) is 5.92 Å². The highest BCUT2D eigenvalue weighted by Gasteiger charge is 2.30. The summed E-state index contributed by atoms with van der Waals surface area (Å²) in [5.41, 5.74) is 6.57. The predicted molar refractivity (Wildman–Crippen MR) is 62.3 cm³/mol. The first-order chi connectivity index (χ1) is 7.61. The lowest BCUT2D eigenvalue weighted by atomic mass is 10.00. The van der Waals surface area contributed by atoms with E-state index in [4.69, 9.17) is 22.4 Å². The molecule has 4 nitrogen and oxygen atoms in total. The zero-order valence-corrected chi connectivity index (χ0v) is 9.44. The zero-order valence-electron chi connectivity index (χ0n) is 8.69. The first kappa shape index (κ1) is 11.2. The molecule has 0 unspecified atom stereocenters. The fraction of sp³-hybridized carbons (Fsp3) is 0.364. The fourth-order valence-electron chi connectivity index (χ4n) is 1.69. The quantitative estimate of drug-likeness (QED) is 0.758. The minimum Gasteiger partial charge on any atom is -0.398 e. The molecular weight excluding hydrogens is 228 g/mol. The van der Waals surface area contributed by atoms with E-state index in [1.165, 1.54) is 0 Å². The van der Waals surface area contributed by atoms with Crippen LogP contribution in [0.1, 0.15) is 10.4 Å². The number of halogens is 1. The number of hydrogen-bond donors (Lipinski definition) is 2. The fourth-order valence-corrected chi connectivity index (χ4v) is 1.87. The standard InChI is InChI=1S/C11H13ClN2O2/c12-9-3-8(1-2-10(9)13)11(16)14-4-7(5-14)6-15/h1-3,7,15H,4-6,13H2. The third-order valence-electron chi connectivity index (χ3n) is 2.75. The molecule has 1 aliphatic heterocycles. The van der Waals surface area contributed by atoms with Crippen LogP contribution in [0, 0.1) is 5.92 Å². The van der Waals surface area contributed by atoms with Crippen LogP contribution in [0.5, 0.6) is 0 Å². The number of rotatable bonds is 2. The maximum atomic E-state index is 11.9. The van der Waals surface area contributed by atoms with Crippen LogP contribution in [0.25, 0.3) is 0 Å². The number of carbonyl (C=O) groups excluding carboxylic acids is 1. The Kier molecular flexibility index (Phi) is 3.03. The van der Waals surface area contributed by atoms with E-state index in [-0.39, 0.29) is 18.4 Å². The lowest BCUT2D eigenvalue weighted by Gasteiger charge is -2.38. The number of nitrogens with two attached hydrogens (primary N) is 1. The molecule has 5 heteroatoms. The summed E-state index contributed by atoms with van der Waals surface area (Å²) >= 11 is 5.84. The molecule has 2 rings (SSSR count). The number of benzene rings is 1. The highest BCUT2D eigenvalue weighted by Crippen LogP contribution is 2.23. The highest BCUT2D eigenvalue weighted by atomic mass is 35.5. The van der Waals surface area contributed by atoms with Crippen LogP contribution in [0.3, 0.4) is 0 Å². The number of nitrogens with zero attached hydrogens (tertiary/aromatic N) is 1. The Labute approximate surface area is 98.6 Å². The Morgan fingerprint density at radius 2 is 2.25 bits per heavy atom. The van der Waals surface area contributed by atoms with Gasteiger partial charge in [0.1, 0.15) is 0 Å². The van der Waals surface area contributed by atoms with Crippen molar-refractivity contribution in [2.45, 2.75) is 0 Å². The van der Waals surface area contributed by atoms with Crippen molar-refractivity contribution >= 4 is 23.2 Å². The number of hydrogen-bond acceptors (Lipinski definition) is 3. The van der Waals surface area contributed by atoms with Gasteiger partial charge in [-0.1, -0.05) is 11.6 Å². The van der Waals surface area contributed by atoms with Gasteiger partial charge in [-0.15, -0.1) is 0 Å². The van der Waals surface area contributed by atoms with Gasteiger partial charge >= 0.3 is 0 Å². The van der Waals surface area contributed by atoms with Crippen molar-refractivity contribution in [2.75, 3.05) is 25.4 Å². The lowest BCUT2D eigenvalue weighted by molar-refractivity contribution is 0.0362. The molecule has 0 aliphatic carbocycles. The summed E-state index contributed by atoms with van der Waals surface area (Å²) in [5.74, 6) is 0.153. The van der Waals surface area contributed by atoms with E-state index < -0.39 is 0 Å². The second kappa shape index (κ2) is 4.31. The largest absolute Gasteiger partial charge is 0.398 e. The molecule has 1 saturated heterocycles. The van der Waals surface area contributed by atoms with E-state index in [0.29, 0.717) is 29.4 Å². The Morgan fingerprint density at radius 1 is 1.56 bits per heavy atom. The summed E-state index contributed by atoms with van der Waals surface area (Å²) in [7, 11) is 0. The molecule has 3 N–H and O–H groups in total. The van der Waals surface area contributed by atoms with Crippen molar-refractivity contribution in [3.05, 3.63) is 28.8 Å². The Balaban J connectivity index is 2.07. The maximum Gasteiger partial charge on any atom is 0.253 e. The Bertz CT molecular complexity index is 416. The summed E-state index contributed by atoms with van der Waals surface area (Å²) in [6.07, 6.45) is 0. The third kappa shape index (κ3) is 1.99. The van der Waals surface area contributed by atoms with Gasteiger partial charge < -0.3 is 15.7 Å². The number of aliphatic hydroxyl groups is 1. The van der Waals surface area contributed by atoms with Gasteiger partial charge in [0, 0.05) is 31.2 Å². The van der Waals surface area contributed by atoms with E-state index in [1.807, 2.05) is 0 Å². The van der Waals surface area contributed by atoms with Crippen LogP contribution >= 0.6 is 11.6 Å². The minimum atomic E-state index is -0.0633. The van der Waals surface area contributed by atoms with Crippen LogP contribution in [-0.4, -0.2) is 35.6 Å². The van der Waals surface area contributed by atoms with Gasteiger partial charge in [0.05, 0.1) is 10.7 Å². The van der Waals surface area contributed by atoms with Crippen LogP contribution in [-0.2, 0) is 0 Å². The van der Waals surface area contributed by atoms with E-state index in [0.717, 1.165) is 0 Å². The third-order valence-corrected chi connectivity index (χ3v) is 3.08. The van der Waals surface area contributed by atoms with Crippen molar-refractivity contribution in [1.29, 1.82) is 0 Å². The summed E-state index contributed by atoms with van der Waals surface area (Å²) in [6, 6.07) is 4.86. The van der Waals surface area contributed by atoms with Gasteiger partial charge in [-0.25, -0.2) is 0 Å². The molecule has 1 aromatic rings. The number of nitrogen functional groups attached to an aromatic ring is 1. The summed E-state index contributed by atoms with van der Waals surface area (Å²) in [6.45, 7) is 1.35. The second-order valence-corrected chi connectivity index (χ2v) is 4.40. The van der Waals surface area contributed by atoms with E-state index in [1.54, 1.807) is 23.1 Å². The topological polar surface area (TPSA) is 66.6 Å². The van der Waals surface area contributed by atoms with Crippen molar-refractivity contribution in [3.63, 3.8) is 0 Å². The SMILES string of the molecule is Nc1ccc(C(=O)N2CC(CO)C2)cc1Cl. The van der Waals surface area contributed by atoms with Gasteiger partial charge in [-0.3, -0.25) is 4.79 Å². The second-order valence-electron chi connectivity index (χ2n) is 4.00. The zero-order chi connectivity index (χ0) is 11.7. The van der Waals surface area contributed by atoms with Crippen LogP contribution < -0.4 is 5.73 Å². The molecule has 0 atom stereocenters. The molecule has 16 heavy (non-hydrogen) atoms. The summed E-state index contributed by atoms with van der Waals surface area (Å²) < 4.78 is 0. The smallest absolute Gasteiger partial charge is 0.253 e. The summed E-state index contributed by atoms with van der Waals surface area (Å²) in [5, 5.41) is 9.25. The molecule has 0 saturated carbocycles. The summed E-state index contributed by atoms with van der Waals surface area (Å²) in [4.78, 5) is 13.6. The monoisotopic (exact) mass is 240 g/mol. The van der Waals surface area contributed by atoms with Crippen LogP contribution in [0.2, 0.25) is 5.02 Å². The average Bonchev–Trinajstić information content (AvgIpc) is 2.20. The van der Waals surface area contributed by atoms with Gasteiger partial charge in [0.25, 0.3) is 5.91 Å². The molecule has 86 valence electrons. The van der Waals surface area contributed by atoms with E-state index in [9.17, 15) is 4.79 Å². The molecule has 0 aromatic heterocycles. The van der Waals surface area contributed by atoms with Crippen LogP contribution in [0.15, 0.2) is 18.2 Å². The number of likely N-dealkylation sites (tertiary alicyclic amines) is 1. The molecule has 1 aromatic carbocycles. The lowest BCUT2D eigenvalue weighted by Crippen LogP contribution is -2.51. The molecule has 0 radical (unpaired) electrons. The molecule has 0 bridgehead atoms. The molecule has 1 amide bonds. The van der Waals surface area contributed by atoms with Gasteiger partial charge in [0.2, 0.25) is 0 Å². The number of anilines is 1. The van der Waals surface area contributed by atoms with Gasteiger partial charge in [0.15, 0.2) is 0 Å². The first-order valence-corrected chi connectivity index (χ1v) is 5.44. The molecular formula is C11H13ClN2O2. The first-order valence-electron chi connectivity index (χ1n) is 5.07. The average molecular weight is 241 g/mol. The normalized spacial score (nSPS) is 16.0. The predicted octanol–water partition coefficient (Wildman–Crippen LogP) is 0.986. The van der Waals surface area contributed by atoms with Crippen LogP contribution in [0.4, 0.5) is 5.69 Å².